The zero-order valence-corrected chi connectivity index (χ0v) is 9.88. The van der Waals surface area contributed by atoms with Gasteiger partial charge < -0.3 is 0 Å². The Labute approximate surface area is 92.9 Å². The largest absolute Gasteiger partial charge is 0.299 e. The molecule has 1 fully saturated rings. The van der Waals surface area contributed by atoms with Crippen molar-refractivity contribution in [2.45, 2.75) is 19.9 Å². The standard InChI is InChI=1S/C11H14BrNO/c1-9-3-4-10(7-11(9)12)8-13-5-2-6-14-13/h3-4,7H,2,5-6,8H2,1H3. The maximum Gasteiger partial charge on any atom is 0.0698 e. The zero-order chi connectivity index (χ0) is 9.97. The summed E-state index contributed by atoms with van der Waals surface area (Å²) in [7, 11) is 0. The lowest BCUT2D eigenvalue weighted by Gasteiger charge is -2.13. The number of benzene rings is 1. The second-order valence-corrected chi connectivity index (χ2v) is 4.49. The third kappa shape index (κ3) is 2.35. The van der Waals surface area contributed by atoms with Crippen LogP contribution in [0.2, 0.25) is 0 Å². The van der Waals surface area contributed by atoms with E-state index in [4.69, 9.17) is 4.84 Å². The van der Waals surface area contributed by atoms with Crippen LogP contribution in [0.3, 0.4) is 0 Å². The van der Waals surface area contributed by atoms with E-state index in [1.165, 1.54) is 15.6 Å². The van der Waals surface area contributed by atoms with Gasteiger partial charge in [-0.05, 0) is 30.5 Å². The van der Waals surface area contributed by atoms with Gasteiger partial charge in [0, 0.05) is 17.6 Å². The zero-order valence-electron chi connectivity index (χ0n) is 8.29. The topological polar surface area (TPSA) is 12.5 Å². The minimum absolute atomic E-state index is 0.868. The average Bonchev–Trinajstić information content (AvgIpc) is 2.64. The number of hydrogen-bond donors (Lipinski definition) is 0. The predicted molar refractivity (Wildman–Crippen MR) is 59.9 cm³/mol. The molecule has 1 heterocycles. The molecule has 0 radical (unpaired) electrons. The van der Waals surface area contributed by atoms with E-state index in [0.717, 1.165) is 26.1 Å². The summed E-state index contributed by atoms with van der Waals surface area (Å²) in [4.78, 5) is 5.45. The third-order valence-corrected chi connectivity index (χ3v) is 3.28. The molecule has 0 amide bonds. The summed E-state index contributed by atoms with van der Waals surface area (Å²) in [6.45, 7) is 4.90. The van der Waals surface area contributed by atoms with Crippen molar-refractivity contribution in [2.24, 2.45) is 0 Å². The molecule has 0 saturated carbocycles. The molecule has 1 saturated heterocycles. The third-order valence-electron chi connectivity index (χ3n) is 2.42. The first-order valence-corrected chi connectivity index (χ1v) is 5.68. The summed E-state index contributed by atoms with van der Waals surface area (Å²) < 4.78 is 1.18. The molecule has 0 aromatic heterocycles. The summed E-state index contributed by atoms with van der Waals surface area (Å²) in [5.74, 6) is 0. The smallest absolute Gasteiger partial charge is 0.0698 e. The molecule has 2 nitrogen and oxygen atoms in total. The number of halogens is 1. The summed E-state index contributed by atoms with van der Waals surface area (Å²) in [5.41, 5.74) is 2.57. The van der Waals surface area contributed by atoms with Gasteiger partial charge >= 0.3 is 0 Å². The van der Waals surface area contributed by atoms with Gasteiger partial charge in [0.25, 0.3) is 0 Å². The van der Waals surface area contributed by atoms with Crippen LogP contribution in [0.1, 0.15) is 17.5 Å². The molecule has 2 rings (SSSR count). The van der Waals surface area contributed by atoms with Crippen molar-refractivity contribution in [1.29, 1.82) is 0 Å². The van der Waals surface area contributed by atoms with Gasteiger partial charge in [-0.3, -0.25) is 4.84 Å². The van der Waals surface area contributed by atoms with Crippen molar-refractivity contribution >= 4 is 15.9 Å². The van der Waals surface area contributed by atoms with Crippen molar-refractivity contribution in [2.75, 3.05) is 13.2 Å². The molecule has 0 aliphatic carbocycles. The molecular formula is C11H14BrNO. The molecule has 76 valence electrons. The number of hydroxylamine groups is 2. The van der Waals surface area contributed by atoms with E-state index >= 15 is 0 Å². The monoisotopic (exact) mass is 255 g/mol. The van der Waals surface area contributed by atoms with Crippen LogP contribution in [0.15, 0.2) is 22.7 Å². The summed E-state index contributed by atoms with van der Waals surface area (Å²) in [6.07, 6.45) is 1.15. The Hall–Kier alpha value is -0.380. The van der Waals surface area contributed by atoms with Gasteiger partial charge in [-0.1, -0.05) is 28.1 Å². The maximum absolute atomic E-state index is 5.45. The highest BCUT2D eigenvalue weighted by atomic mass is 79.9. The van der Waals surface area contributed by atoms with E-state index in [9.17, 15) is 0 Å². The van der Waals surface area contributed by atoms with E-state index in [1.54, 1.807) is 0 Å². The van der Waals surface area contributed by atoms with Gasteiger partial charge in [-0.15, -0.1) is 0 Å². The molecule has 1 aliphatic rings. The Morgan fingerprint density at radius 3 is 3.00 bits per heavy atom. The first-order chi connectivity index (χ1) is 6.75. The fourth-order valence-electron chi connectivity index (χ4n) is 1.56. The van der Waals surface area contributed by atoms with Crippen LogP contribution in [0.25, 0.3) is 0 Å². The molecule has 0 bridgehead atoms. The normalized spacial score (nSPS) is 17.6. The van der Waals surface area contributed by atoms with Crippen LogP contribution in [0, 0.1) is 6.92 Å². The lowest BCUT2D eigenvalue weighted by Crippen LogP contribution is -2.16. The number of rotatable bonds is 2. The second-order valence-electron chi connectivity index (χ2n) is 3.63. The van der Waals surface area contributed by atoms with E-state index in [-0.39, 0.29) is 0 Å². The highest BCUT2D eigenvalue weighted by molar-refractivity contribution is 9.10. The van der Waals surface area contributed by atoms with Crippen molar-refractivity contribution in [3.05, 3.63) is 33.8 Å². The summed E-state index contributed by atoms with van der Waals surface area (Å²) >= 11 is 3.54. The Morgan fingerprint density at radius 1 is 1.50 bits per heavy atom. The molecule has 14 heavy (non-hydrogen) atoms. The van der Waals surface area contributed by atoms with Gasteiger partial charge in [0.05, 0.1) is 6.61 Å². The van der Waals surface area contributed by atoms with Crippen LogP contribution < -0.4 is 0 Å². The minimum atomic E-state index is 0.868. The van der Waals surface area contributed by atoms with Crippen LogP contribution in [0.5, 0.6) is 0 Å². The molecule has 1 aromatic rings. The number of hydrogen-bond acceptors (Lipinski definition) is 2. The molecule has 0 unspecified atom stereocenters. The van der Waals surface area contributed by atoms with Crippen LogP contribution in [0.4, 0.5) is 0 Å². The first kappa shape index (κ1) is 10.1. The fourth-order valence-corrected chi connectivity index (χ4v) is 1.99. The van der Waals surface area contributed by atoms with Crippen LogP contribution in [-0.2, 0) is 11.4 Å². The lowest BCUT2D eigenvalue weighted by atomic mass is 10.1. The number of aryl methyl sites for hydroxylation is 1. The van der Waals surface area contributed by atoms with E-state index in [1.807, 2.05) is 5.06 Å². The molecule has 0 N–H and O–H groups in total. The Morgan fingerprint density at radius 2 is 2.36 bits per heavy atom. The highest BCUT2D eigenvalue weighted by Gasteiger charge is 2.12. The average molecular weight is 256 g/mol. The van der Waals surface area contributed by atoms with Crippen molar-refractivity contribution < 1.29 is 4.84 Å². The Balaban J connectivity index is 2.05. The van der Waals surface area contributed by atoms with E-state index in [0.29, 0.717) is 0 Å². The van der Waals surface area contributed by atoms with Crippen LogP contribution >= 0.6 is 15.9 Å². The van der Waals surface area contributed by atoms with E-state index in [2.05, 4.69) is 41.1 Å². The predicted octanol–water partition coefficient (Wildman–Crippen LogP) is 2.89. The molecule has 3 heteroatoms. The van der Waals surface area contributed by atoms with Crippen LogP contribution in [-0.4, -0.2) is 18.2 Å². The Kier molecular flexibility index (Phi) is 3.21. The van der Waals surface area contributed by atoms with Gasteiger partial charge in [-0.2, -0.15) is 5.06 Å². The minimum Gasteiger partial charge on any atom is -0.299 e. The molecule has 1 aromatic carbocycles. The quantitative estimate of drug-likeness (QED) is 0.806. The summed E-state index contributed by atoms with van der Waals surface area (Å²) in [5, 5.41) is 2.02. The fraction of sp³-hybridized carbons (Fsp3) is 0.455. The van der Waals surface area contributed by atoms with Crippen molar-refractivity contribution in [3.63, 3.8) is 0 Å². The van der Waals surface area contributed by atoms with Gasteiger partial charge in [-0.25, -0.2) is 0 Å². The summed E-state index contributed by atoms with van der Waals surface area (Å²) in [6, 6.07) is 6.45. The van der Waals surface area contributed by atoms with Crippen molar-refractivity contribution in [3.8, 4) is 0 Å². The number of nitrogens with zero attached hydrogens (tertiary/aromatic N) is 1. The maximum atomic E-state index is 5.45. The highest BCUT2D eigenvalue weighted by Crippen LogP contribution is 2.19. The van der Waals surface area contributed by atoms with Gasteiger partial charge in [0.15, 0.2) is 0 Å². The van der Waals surface area contributed by atoms with Gasteiger partial charge in [0.2, 0.25) is 0 Å². The lowest BCUT2D eigenvalue weighted by molar-refractivity contribution is -0.117. The molecule has 0 atom stereocenters. The molecular weight excluding hydrogens is 242 g/mol. The van der Waals surface area contributed by atoms with Crippen molar-refractivity contribution in [1.82, 2.24) is 5.06 Å². The van der Waals surface area contributed by atoms with E-state index < -0.39 is 0 Å². The molecule has 1 aliphatic heterocycles. The Bertz CT molecular complexity index is 321. The second kappa shape index (κ2) is 4.43. The SMILES string of the molecule is Cc1ccc(CN2CCCO2)cc1Br. The molecule has 0 spiro atoms. The van der Waals surface area contributed by atoms with Gasteiger partial charge in [0.1, 0.15) is 0 Å². The first-order valence-electron chi connectivity index (χ1n) is 4.88.